The van der Waals surface area contributed by atoms with Gasteiger partial charge in [-0.15, -0.1) is 0 Å². The van der Waals surface area contributed by atoms with Crippen LogP contribution >= 0.6 is 0 Å². The maximum Gasteiger partial charge on any atom is 0.291 e. The Balaban J connectivity index is 1.63. The molecule has 0 saturated carbocycles. The number of benzene rings is 2. The molecule has 0 fully saturated rings. The molecule has 2 amide bonds. The van der Waals surface area contributed by atoms with E-state index >= 15 is 0 Å². The van der Waals surface area contributed by atoms with Crippen LogP contribution in [0.5, 0.6) is 11.5 Å². The second kappa shape index (κ2) is 11.8. The predicted molar refractivity (Wildman–Crippen MR) is 127 cm³/mol. The molecular weight excluding hydrogens is 420 g/mol. The number of ether oxygens (including phenoxy) is 2. The Morgan fingerprint density at radius 1 is 0.909 bits per heavy atom. The summed E-state index contributed by atoms with van der Waals surface area (Å²) in [6.45, 7) is 7.23. The molecule has 1 unspecified atom stereocenters. The maximum absolute atomic E-state index is 12.7. The topological polar surface area (TPSA) is 89.8 Å². The van der Waals surface area contributed by atoms with Crippen molar-refractivity contribution in [2.45, 2.75) is 39.7 Å². The fourth-order valence-electron chi connectivity index (χ4n) is 3.12. The van der Waals surface area contributed by atoms with Crippen molar-refractivity contribution in [2.75, 3.05) is 18.5 Å². The summed E-state index contributed by atoms with van der Waals surface area (Å²) in [5.41, 5.74) is 1.98. The number of amides is 2. The van der Waals surface area contributed by atoms with Crippen molar-refractivity contribution in [1.82, 2.24) is 5.32 Å². The lowest BCUT2D eigenvalue weighted by molar-refractivity contribution is 0.0939. The van der Waals surface area contributed by atoms with Crippen LogP contribution in [0.4, 0.5) is 5.69 Å². The van der Waals surface area contributed by atoms with Crippen LogP contribution in [0.25, 0.3) is 0 Å². The first-order valence-electron chi connectivity index (χ1n) is 11.2. The van der Waals surface area contributed by atoms with Gasteiger partial charge in [0.25, 0.3) is 11.8 Å². The number of furan rings is 1. The normalized spacial score (nSPS) is 11.5. The number of carbonyl (C=O) groups excluding carboxylic acids is 2. The summed E-state index contributed by atoms with van der Waals surface area (Å²) < 4.78 is 16.7. The van der Waals surface area contributed by atoms with Crippen molar-refractivity contribution in [3.05, 3.63) is 77.7 Å². The van der Waals surface area contributed by atoms with E-state index in [-0.39, 0.29) is 23.6 Å². The molecule has 1 aromatic heterocycles. The standard InChI is InChI=1S/C26H30N2O5/c1-4-14-31-22-13-10-20(17-24(22)32-15-5-2)18(3)27-25(29)19-8-11-21(12-9-19)28-26(30)23-7-6-16-33-23/h6-13,16-18H,4-5,14-15H2,1-3H3,(H,27,29)(H,28,30). The SMILES string of the molecule is CCCOc1ccc(C(C)NC(=O)c2ccc(NC(=O)c3ccco3)cc2)cc1OCCC. The number of carbonyl (C=O) groups is 2. The zero-order valence-corrected chi connectivity index (χ0v) is 19.2. The number of hydrogen-bond donors (Lipinski definition) is 2. The predicted octanol–water partition coefficient (Wildman–Crippen LogP) is 5.60. The zero-order chi connectivity index (χ0) is 23.6. The van der Waals surface area contributed by atoms with E-state index in [9.17, 15) is 9.59 Å². The Labute approximate surface area is 194 Å². The van der Waals surface area contributed by atoms with Gasteiger partial charge in [0.2, 0.25) is 0 Å². The summed E-state index contributed by atoms with van der Waals surface area (Å²) in [6, 6.07) is 15.4. The van der Waals surface area contributed by atoms with Crippen LogP contribution in [0.3, 0.4) is 0 Å². The molecule has 3 aromatic rings. The van der Waals surface area contributed by atoms with E-state index in [1.54, 1.807) is 36.4 Å². The molecule has 2 N–H and O–H groups in total. The fraction of sp³-hybridized carbons (Fsp3) is 0.308. The average Bonchev–Trinajstić information content (AvgIpc) is 3.37. The molecule has 1 heterocycles. The molecule has 0 radical (unpaired) electrons. The van der Waals surface area contributed by atoms with Crippen LogP contribution in [0, 0.1) is 0 Å². The van der Waals surface area contributed by atoms with Crippen LogP contribution in [0.2, 0.25) is 0 Å². The Morgan fingerprint density at radius 2 is 1.61 bits per heavy atom. The van der Waals surface area contributed by atoms with Crippen molar-refractivity contribution >= 4 is 17.5 Å². The third-order valence-corrected chi connectivity index (χ3v) is 4.89. The van der Waals surface area contributed by atoms with E-state index in [1.807, 2.05) is 32.0 Å². The van der Waals surface area contributed by atoms with E-state index in [2.05, 4.69) is 17.6 Å². The third kappa shape index (κ3) is 6.62. The van der Waals surface area contributed by atoms with E-state index in [4.69, 9.17) is 13.9 Å². The van der Waals surface area contributed by atoms with Crippen LogP contribution in [0.1, 0.15) is 66.1 Å². The Morgan fingerprint density at radius 3 is 2.24 bits per heavy atom. The van der Waals surface area contributed by atoms with Gasteiger partial charge in [0.1, 0.15) is 0 Å². The van der Waals surface area contributed by atoms with Gasteiger partial charge in [0.05, 0.1) is 25.5 Å². The molecule has 0 bridgehead atoms. The molecule has 2 aromatic carbocycles. The highest BCUT2D eigenvalue weighted by Gasteiger charge is 2.15. The number of rotatable bonds is 11. The van der Waals surface area contributed by atoms with Gasteiger partial charge in [-0.3, -0.25) is 9.59 Å². The lowest BCUT2D eigenvalue weighted by Crippen LogP contribution is -2.26. The summed E-state index contributed by atoms with van der Waals surface area (Å²) in [5.74, 6) is 1.05. The zero-order valence-electron chi connectivity index (χ0n) is 19.2. The lowest BCUT2D eigenvalue weighted by atomic mass is 10.1. The molecule has 0 aliphatic carbocycles. The molecule has 7 nitrogen and oxygen atoms in total. The monoisotopic (exact) mass is 450 g/mol. The van der Waals surface area contributed by atoms with Crippen molar-refractivity contribution in [3.63, 3.8) is 0 Å². The first kappa shape index (κ1) is 23.9. The van der Waals surface area contributed by atoms with Gasteiger partial charge in [0.15, 0.2) is 17.3 Å². The van der Waals surface area contributed by atoms with Gasteiger partial charge in [-0.05, 0) is 73.9 Å². The van der Waals surface area contributed by atoms with E-state index in [1.165, 1.54) is 6.26 Å². The number of anilines is 1. The highest BCUT2D eigenvalue weighted by atomic mass is 16.5. The van der Waals surface area contributed by atoms with Gasteiger partial charge < -0.3 is 24.5 Å². The van der Waals surface area contributed by atoms with Gasteiger partial charge >= 0.3 is 0 Å². The van der Waals surface area contributed by atoms with Crippen molar-refractivity contribution in [2.24, 2.45) is 0 Å². The second-order valence-electron chi connectivity index (χ2n) is 7.61. The Hall–Kier alpha value is -3.74. The number of nitrogens with one attached hydrogen (secondary N) is 2. The largest absolute Gasteiger partial charge is 0.490 e. The molecular formula is C26H30N2O5. The van der Waals surface area contributed by atoms with Crippen molar-refractivity contribution < 1.29 is 23.5 Å². The van der Waals surface area contributed by atoms with E-state index < -0.39 is 0 Å². The highest BCUT2D eigenvalue weighted by Crippen LogP contribution is 2.31. The average molecular weight is 451 g/mol. The molecule has 0 spiro atoms. The van der Waals surface area contributed by atoms with Gasteiger partial charge in [0, 0.05) is 11.3 Å². The quantitative estimate of drug-likeness (QED) is 0.397. The fourth-order valence-corrected chi connectivity index (χ4v) is 3.12. The summed E-state index contributed by atoms with van der Waals surface area (Å²) in [7, 11) is 0. The summed E-state index contributed by atoms with van der Waals surface area (Å²) in [4.78, 5) is 24.8. The summed E-state index contributed by atoms with van der Waals surface area (Å²) in [6.07, 6.45) is 3.24. The molecule has 33 heavy (non-hydrogen) atoms. The van der Waals surface area contributed by atoms with E-state index in [0.717, 1.165) is 18.4 Å². The van der Waals surface area contributed by atoms with Crippen molar-refractivity contribution in [3.8, 4) is 11.5 Å². The molecule has 7 heteroatoms. The molecule has 174 valence electrons. The number of hydrogen-bond acceptors (Lipinski definition) is 5. The molecule has 3 rings (SSSR count). The minimum absolute atomic E-state index is 0.214. The molecule has 0 aliphatic heterocycles. The van der Waals surface area contributed by atoms with Gasteiger partial charge in [-0.25, -0.2) is 0 Å². The first-order valence-corrected chi connectivity index (χ1v) is 11.2. The van der Waals surface area contributed by atoms with E-state index in [0.29, 0.717) is 36.0 Å². The molecule has 1 atom stereocenters. The summed E-state index contributed by atoms with van der Waals surface area (Å²) >= 11 is 0. The van der Waals surface area contributed by atoms with Crippen LogP contribution in [-0.4, -0.2) is 25.0 Å². The third-order valence-electron chi connectivity index (χ3n) is 4.89. The van der Waals surface area contributed by atoms with Gasteiger partial charge in [-0.1, -0.05) is 19.9 Å². The highest BCUT2D eigenvalue weighted by molar-refractivity contribution is 6.02. The summed E-state index contributed by atoms with van der Waals surface area (Å²) in [5, 5.41) is 5.73. The Kier molecular flexibility index (Phi) is 8.52. The van der Waals surface area contributed by atoms with Crippen LogP contribution < -0.4 is 20.1 Å². The van der Waals surface area contributed by atoms with Crippen molar-refractivity contribution in [1.29, 1.82) is 0 Å². The minimum Gasteiger partial charge on any atom is -0.490 e. The maximum atomic E-state index is 12.7. The molecule has 0 saturated heterocycles. The lowest BCUT2D eigenvalue weighted by Gasteiger charge is -2.18. The minimum atomic E-state index is -0.349. The smallest absolute Gasteiger partial charge is 0.291 e. The molecule has 0 aliphatic rings. The van der Waals surface area contributed by atoms with Crippen LogP contribution in [0.15, 0.2) is 65.3 Å². The van der Waals surface area contributed by atoms with Gasteiger partial charge in [-0.2, -0.15) is 0 Å². The first-order chi connectivity index (χ1) is 16.0. The Bertz CT molecular complexity index is 1050. The van der Waals surface area contributed by atoms with Crippen LogP contribution in [-0.2, 0) is 0 Å². The second-order valence-corrected chi connectivity index (χ2v) is 7.61.